The topological polar surface area (TPSA) is 83.5 Å². The molecule has 0 fully saturated rings. The van der Waals surface area contributed by atoms with Gasteiger partial charge in [-0.05, 0) is 13.0 Å². The van der Waals surface area contributed by atoms with E-state index in [0.29, 0.717) is 17.4 Å². The molecule has 7 heteroatoms. The van der Waals surface area contributed by atoms with Crippen LogP contribution < -0.4 is 5.32 Å². The third-order valence-corrected chi connectivity index (χ3v) is 3.80. The second-order valence-corrected chi connectivity index (χ2v) is 6.65. The number of allylic oxidation sites excluding steroid dienone is 1. The van der Waals surface area contributed by atoms with E-state index in [0.717, 1.165) is 6.42 Å². The van der Waals surface area contributed by atoms with Gasteiger partial charge in [-0.3, -0.25) is 9.35 Å². The number of hydrogen-bond acceptors (Lipinski definition) is 3. The second kappa shape index (κ2) is 7.62. The molecule has 0 aromatic carbocycles. The van der Waals surface area contributed by atoms with Gasteiger partial charge in [0.25, 0.3) is 10.1 Å². The second-order valence-electron chi connectivity index (χ2n) is 5.07. The van der Waals surface area contributed by atoms with E-state index >= 15 is 0 Å². The van der Waals surface area contributed by atoms with Gasteiger partial charge < -0.3 is 9.80 Å². The van der Waals surface area contributed by atoms with E-state index < -0.39 is 10.1 Å². The molecule has 6 nitrogen and oxygen atoms in total. The first kappa shape index (κ1) is 18.1. The molecule has 2 N–H and O–H groups in total. The molecule has 0 saturated carbocycles. The minimum atomic E-state index is -3.92. The number of amides is 1. The fourth-order valence-electron chi connectivity index (χ4n) is 1.95. The van der Waals surface area contributed by atoms with Crippen LogP contribution in [0, 0.1) is 0 Å². The van der Waals surface area contributed by atoms with Crippen molar-refractivity contribution in [1.82, 2.24) is 5.32 Å². The summed E-state index contributed by atoms with van der Waals surface area (Å²) in [5.74, 6) is -0.413. The first-order valence-electron chi connectivity index (χ1n) is 6.33. The lowest BCUT2D eigenvalue weighted by Gasteiger charge is -2.37. The van der Waals surface area contributed by atoms with E-state index in [1.54, 1.807) is 13.0 Å². The maximum Gasteiger partial charge on any atom is 0.265 e. The van der Waals surface area contributed by atoms with Gasteiger partial charge >= 0.3 is 0 Å². The molecule has 0 aromatic heterocycles. The van der Waals surface area contributed by atoms with E-state index in [4.69, 9.17) is 4.55 Å². The van der Waals surface area contributed by atoms with Crippen molar-refractivity contribution in [2.45, 2.75) is 32.9 Å². The van der Waals surface area contributed by atoms with Crippen LogP contribution in [0.5, 0.6) is 0 Å². The predicted octanol–water partition coefficient (Wildman–Crippen LogP) is 0.769. The van der Waals surface area contributed by atoms with Crippen molar-refractivity contribution in [3.05, 3.63) is 12.2 Å². The first-order chi connectivity index (χ1) is 8.62. The lowest BCUT2D eigenvalue weighted by Crippen LogP contribution is -2.57. The lowest BCUT2D eigenvalue weighted by molar-refractivity contribution is -0.917. The summed E-state index contributed by atoms with van der Waals surface area (Å²) in [7, 11) is -0.0698. The van der Waals surface area contributed by atoms with Crippen molar-refractivity contribution >= 4 is 16.0 Å². The molecular weight excluding hydrogens is 268 g/mol. The summed E-state index contributed by atoms with van der Waals surface area (Å²) in [6.45, 7) is 4.28. The minimum Gasteiger partial charge on any atom is -0.309 e. The monoisotopic (exact) mass is 293 g/mol. The van der Waals surface area contributed by atoms with Crippen LogP contribution in [0.25, 0.3) is 0 Å². The zero-order chi connectivity index (χ0) is 15.1. The van der Waals surface area contributed by atoms with Crippen LogP contribution in [-0.2, 0) is 14.9 Å². The maximum absolute atomic E-state index is 11.5. The molecule has 0 aromatic rings. The van der Waals surface area contributed by atoms with Crippen LogP contribution in [0.15, 0.2) is 12.2 Å². The molecule has 0 rings (SSSR count). The summed E-state index contributed by atoms with van der Waals surface area (Å²) in [5.41, 5.74) is 0. The smallest absolute Gasteiger partial charge is 0.265 e. The summed E-state index contributed by atoms with van der Waals surface area (Å²) in [4.78, 5) is 11.5. The van der Waals surface area contributed by atoms with Crippen LogP contribution in [-0.4, -0.2) is 55.9 Å². The number of nitrogens with zero attached hydrogens (tertiary/aromatic N) is 1. The average Bonchev–Trinajstić information content (AvgIpc) is 2.23. The van der Waals surface area contributed by atoms with Gasteiger partial charge in [-0.15, -0.1) is 0 Å². The molecule has 0 aliphatic carbocycles. The molecule has 0 spiro atoms. The van der Waals surface area contributed by atoms with Crippen LogP contribution in [0.3, 0.4) is 0 Å². The molecule has 0 bridgehead atoms. The largest absolute Gasteiger partial charge is 0.309 e. The summed E-state index contributed by atoms with van der Waals surface area (Å²) < 4.78 is 30.6. The molecule has 1 atom stereocenters. The Kier molecular flexibility index (Phi) is 7.25. The maximum atomic E-state index is 11.5. The molecule has 1 unspecified atom stereocenters. The van der Waals surface area contributed by atoms with Crippen molar-refractivity contribution in [3.8, 4) is 0 Å². The van der Waals surface area contributed by atoms with Gasteiger partial charge in [-0.2, -0.15) is 8.42 Å². The highest BCUT2D eigenvalue weighted by atomic mass is 32.2. The normalized spacial score (nSPS) is 14.6. The van der Waals surface area contributed by atoms with Crippen molar-refractivity contribution < 1.29 is 22.2 Å². The molecule has 1 amide bonds. The SMILES string of the molecule is CC=CC(=O)NC(CC)[N+](C)(C)CCCS(=O)(=O)O. The fraction of sp³-hybridized carbons (Fsp3) is 0.750. The van der Waals surface area contributed by atoms with E-state index in [1.165, 1.54) is 6.08 Å². The molecule has 0 heterocycles. The Morgan fingerprint density at radius 3 is 2.42 bits per heavy atom. The number of hydrogen-bond donors (Lipinski definition) is 2. The van der Waals surface area contributed by atoms with Crippen LogP contribution in [0.1, 0.15) is 26.7 Å². The number of quaternary nitrogens is 1. The molecule has 19 heavy (non-hydrogen) atoms. The summed E-state index contributed by atoms with van der Waals surface area (Å²) in [6, 6.07) is 0. The van der Waals surface area contributed by atoms with Crippen LogP contribution >= 0.6 is 0 Å². The minimum absolute atomic E-state index is 0.0925. The van der Waals surface area contributed by atoms with Gasteiger partial charge in [0.05, 0.1) is 26.4 Å². The molecule has 0 saturated heterocycles. The van der Waals surface area contributed by atoms with Crippen LogP contribution in [0.2, 0.25) is 0 Å². The Labute approximate surface area is 115 Å². The van der Waals surface area contributed by atoms with Gasteiger partial charge in [0, 0.05) is 12.8 Å². The van der Waals surface area contributed by atoms with E-state index in [1.807, 2.05) is 21.0 Å². The number of carbonyl (C=O) groups is 1. The van der Waals surface area contributed by atoms with Crippen molar-refractivity contribution in [3.63, 3.8) is 0 Å². The van der Waals surface area contributed by atoms with Crippen LogP contribution in [0.4, 0.5) is 0 Å². The van der Waals surface area contributed by atoms with Crippen molar-refractivity contribution in [2.24, 2.45) is 0 Å². The van der Waals surface area contributed by atoms with Crippen molar-refractivity contribution in [1.29, 1.82) is 0 Å². The Hall–Kier alpha value is -0.920. The number of carbonyl (C=O) groups excluding carboxylic acids is 1. The van der Waals surface area contributed by atoms with Gasteiger partial charge in [0.1, 0.15) is 0 Å². The third-order valence-electron chi connectivity index (χ3n) is 2.99. The number of rotatable bonds is 8. The summed E-state index contributed by atoms with van der Waals surface area (Å²) >= 11 is 0. The van der Waals surface area contributed by atoms with Gasteiger partial charge in [-0.25, -0.2) is 0 Å². The fourth-order valence-corrected chi connectivity index (χ4v) is 2.44. The predicted molar refractivity (Wildman–Crippen MR) is 75.0 cm³/mol. The highest BCUT2D eigenvalue weighted by molar-refractivity contribution is 7.85. The standard InChI is InChI=1S/C12H24N2O4S/c1-5-8-12(15)13-11(6-2)14(3,4)9-7-10-19(16,17)18/h5,8,11H,6-7,9-10H2,1-4H3,(H-,13,15,16,17,18)/p+1. The lowest BCUT2D eigenvalue weighted by atomic mass is 10.2. The molecule has 0 radical (unpaired) electrons. The first-order valence-corrected chi connectivity index (χ1v) is 7.94. The summed E-state index contributed by atoms with van der Waals surface area (Å²) in [5, 5.41) is 2.89. The number of nitrogens with one attached hydrogen (secondary N) is 1. The van der Waals surface area contributed by atoms with E-state index in [2.05, 4.69) is 5.32 Å². The zero-order valence-electron chi connectivity index (χ0n) is 12.1. The Morgan fingerprint density at radius 2 is 2.00 bits per heavy atom. The Bertz CT molecular complexity index is 415. The molecule has 0 aliphatic rings. The third kappa shape index (κ3) is 7.97. The highest BCUT2D eigenvalue weighted by Gasteiger charge is 2.27. The quantitative estimate of drug-likeness (QED) is 0.300. The molecule has 112 valence electrons. The van der Waals surface area contributed by atoms with Gasteiger partial charge in [0.15, 0.2) is 6.17 Å². The van der Waals surface area contributed by atoms with Gasteiger partial charge in [0.2, 0.25) is 5.91 Å². The van der Waals surface area contributed by atoms with E-state index in [-0.39, 0.29) is 17.8 Å². The zero-order valence-corrected chi connectivity index (χ0v) is 12.9. The highest BCUT2D eigenvalue weighted by Crippen LogP contribution is 2.10. The average molecular weight is 293 g/mol. The molecular formula is C12H25N2O4S+. The summed E-state index contributed by atoms with van der Waals surface area (Å²) in [6.07, 6.45) is 4.12. The van der Waals surface area contributed by atoms with E-state index in [9.17, 15) is 13.2 Å². The van der Waals surface area contributed by atoms with Gasteiger partial charge in [-0.1, -0.05) is 13.0 Å². The Morgan fingerprint density at radius 1 is 1.42 bits per heavy atom. The van der Waals surface area contributed by atoms with Crippen molar-refractivity contribution in [2.75, 3.05) is 26.4 Å². The molecule has 0 aliphatic heterocycles. The Balaban J connectivity index is 4.52.